The molecule has 1 aliphatic rings. The van der Waals surface area contributed by atoms with Gasteiger partial charge in [-0.2, -0.15) is 0 Å². The van der Waals surface area contributed by atoms with Gasteiger partial charge in [0.1, 0.15) is 0 Å². The topological polar surface area (TPSA) is 77.8 Å². The lowest BCUT2D eigenvalue weighted by Gasteiger charge is -2.01. The third-order valence-electron chi connectivity index (χ3n) is 2.54. The van der Waals surface area contributed by atoms with E-state index in [1.54, 1.807) is 6.07 Å². The van der Waals surface area contributed by atoms with E-state index >= 15 is 0 Å². The van der Waals surface area contributed by atoms with E-state index in [9.17, 15) is 9.90 Å². The number of carboxylic acid groups (broad SMARTS) is 1. The molecule has 2 rings (SSSR count). The highest BCUT2D eigenvalue weighted by molar-refractivity contribution is 5.75. The second kappa shape index (κ2) is 2.90. The fourth-order valence-electron chi connectivity index (χ4n) is 1.61. The third-order valence-corrected chi connectivity index (χ3v) is 2.54. The van der Waals surface area contributed by atoms with Gasteiger partial charge in [0.05, 0.1) is 5.92 Å². The molecule has 1 saturated carbocycles. The number of hydrogen-bond donors (Lipinski definition) is 3. The Morgan fingerprint density at radius 1 is 1.29 bits per heavy atom. The van der Waals surface area contributed by atoms with Crippen molar-refractivity contribution in [3.63, 3.8) is 0 Å². The normalized spacial score (nSPS) is 24.6. The molecule has 14 heavy (non-hydrogen) atoms. The summed E-state index contributed by atoms with van der Waals surface area (Å²) in [4.78, 5) is 10.6. The average Bonchev–Trinajstić information content (AvgIpc) is 2.89. The lowest BCUT2D eigenvalue weighted by molar-refractivity contribution is -0.138. The second-order valence-corrected chi connectivity index (χ2v) is 3.54. The summed E-state index contributed by atoms with van der Waals surface area (Å²) in [6.07, 6.45) is 0.611. The van der Waals surface area contributed by atoms with E-state index in [-0.39, 0.29) is 23.3 Å². The molecular formula is C10H10O4. The molecule has 0 aliphatic heterocycles. The largest absolute Gasteiger partial charge is 0.504 e. The van der Waals surface area contributed by atoms with Gasteiger partial charge in [0.2, 0.25) is 0 Å². The van der Waals surface area contributed by atoms with Gasteiger partial charge in [0.15, 0.2) is 11.5 Å². The first kappa shape index (κ1) is 8.87. The minimum atomic E-state index is -0.803. The van der Waals surface area contributed by atoms with Gasteiger partial charge >= 0.3 is 5.97 Å². The van der Waals surface area contributed by atoms with Crippen molar-refractivity contribution in [3.8, 4) is 11.5 Å². The van der Waals surface area contributed by atoms with Gasteiger partial charge < -0.3 is 15.3 Å². The Kier molecular flexibility index (Phi) is 1.84. The molecule has 3 N–H and O–H groups in total. The first-order chi connectivity index (χ1) is 6.59. The summed E-state index contributed by atoms with van der Waals surface area (Å²) < 4.78 is 0. The van der Waals surface area contributed by atoms with Crippen LogP contribution in [-0.2, 0) is 4.79 Å². The number of benzene rings is 1. The SMILES string of the molecule is O=C(O)C1C[C@H]1c1ccc(O)c(O)c1. The molecule has 0 bridgehead atoms. The van der Waals surface area contributed by atoms with Gasteiger partial charge in [-0.25, -0.2) is 0 Å². The quantitative estimate of drug-likeness (QED) is 0.620. The van der Waals surface area contributed by atoms with Crippen LogP contribution in [0.2, 0.25) is 0 Å². The Balaban J connectivity index is 2.20. The molecule has 0 radical (unpaired) electrons. The zero-order valence-corrected chi connectivity index (χ0v) is 7.34. The molecule has 1 fully saturated rings. The highest BCUT2D eigenvalue weighted by Gasteiger charge is 2.44. The number of carbonyl (C=O) groups is 1. The Hall–Kier alpha value is -1.71. The van der Waals surface area contributed by atoms with E-state index in [2.05, 4.69) is 0 Å². The first-order valence-corrected chi connectivity index (χ1v) is 4.34. The number of rotatable bonds is 2. The minimum Gasteiger partial charge on any atom is -0.504 e. The second-order valence-electron chi connectivity index (χ2n) is 3.54. The first-order valence-electron chi connectivity index (χ1n) is 4.34. The van der Waals surface area contributed by atoms with Crippen LogP contribution in [0.3, 0.4) is 0 Å². The maximum absolute atomic E-state index is 10.6. The summed E-state index contributed by atoms with van der Waals surface area (Å²) in [6, 6.07) is 4.44. The van der Waals surface area contributed by atoms with E-state index in [1.165, 1.54) is 12.1 Å². The van der Waals surface area contributed by atoms with Crippen molar-refractivity contribution >= 4 is 5.97 Å². The van der Waals surface area contributed by atoms with E-state index in [4.69, 9.17) is 10.2 Å². The molecule has 0 aromatic heterocycles. The van der Waals surface area contributed by atoms with Crippen molar-refractivity contribution in [1.29, 1.82) is 0 Å². The fourth-order valence-corrected chi connectivity index (χ4v) is 1.61. The number of phenols is 2. The summed E-state index contributed by atoms with van der Waals surface area (Å²) in [7, 11) is 0. The van der Waals surface area contributed by atoms with Gasteiger partial charge in [0.25, 0.3) is 0 Å². The zero-order chi connectivity index (χ0) is 10.3. The van der Waals surface area contributed by atoms with Crippen LogP contribution in [0.4, 0.5) is 0 Å². The van der Waals surface area contributed by atoms with Gasteiger partial charge in [-0.1, -0.05) is 6.07 Å². The van der Waals surface area contributed by atoms with Crippen LogP contribution in [0.1, 0.15) is 17.9 Å². The highest BCUT2D eigenvalue weighted by atomic mass is 16.4. The average molecular weight is 194 g/mol. The third kappa shape index (κ3) is 1.39. The lowest BCUT2D eigenvalue weighted by atomic mass is 10.1. The molecule has 2 atom stereocenters. The Morgan fingerprint density at radius 2 is 2.00 bits per heavy atom. The molecule has 0 spiro atoms. The Labute approximate surface area is 80.4 Å². The summed E-state index contributed by atoms with van der Waals surface area (Å²) in [6.45, 7) is 0. The number of phenolic OH excluding ortho intramolecular Hbond substituents is 2. The smallest absolute Gasteiger partial charge is 0.307 e. The molecule has 1 aromatic rings. The van der Waals surface area contributed by atoms with Crippen LogP contribution in [-0.4, -0.2) is 21.3 Å². The summed E-state index contributed by atoms with van der Waals surface area (Å²) in [5, 5.41) is 27.0. The van der Waals surface area contributed by atoms with Crippen molar-refractivity contribution in [2.75, 3.05) is 0 Å². The van der Waals surface area contributed by atoms with Crippen molar-refractivity contribution in [1.82, 2.24) is 0 Å². The Morgan fingerprint density at radius 3 is 2.50 bits per heavy atom. The summed E-state index contributed by atoms with van der Waals surface area (Å²) >= 11 is 0. The van der Waals surface area contributed by atoms with Crippen LogP contribution in [0.15, 0.2) is 18.2 Å². The maximum Gasteiger partial charge on any atom is 0.307 e. The summed E-state index contributed by atoms with van der Waals surface area (Å²) in [5.74, 6) is -1.53. The summed E-state index contributed by atoms with van der Waals surface area (Å²) in [5.41, 5.74) is 0.771. The molecule has 4 heteroatoms. The molecule has 1 aliphatic carbocycles. The van der Waals surface area contributed by atoms with Crippen LogP contribution in [0.25, 0.3) is 0 Å². The van der Waals surface area contributed by atoms with Crippen molar-refractivity contribution < 1.29 is 20.1 Å². The van der Waals surface area contributed by atoms with Crippen molar-refractivity contribution in [3.05, 3.63) is 23.8 Å². The Bertz CT molecular complexity index is 386. The van der Waals surface area contributed by atoms with Crippen molar-refractivity contribution in [2.45, 2.75) is 12.3 Å². The van der Waals surface area contributed by atoms with Gasteiger partial charge in [-0.3, -0.25) is 4.79 Å². The molecule has 1 aromatic carbocycles. The van der Waals surface area contributed by atoms with E-state index in [0.29, 0.717) is 6.42 Å². The number of aliphatic carboxylic acids is 1. The molecule has 4 nitrogen and oxygen atoms in total. The van der Waals surface area contributed by atoms with Crippen LogP contribution in [0, 0.1) is 5.92 Å². The molecule has 1 unspecified atom stereocenters. The minimum absolute atomic E-state index is 0.0148. The zero-order valence-electron chi connectivity index (χ0n) is 7.34. The van der Waals surface area contributed by atoms with Crippen LogP contribution >= 0.6 is 0 Å². The molecule has 0 saturated heterocycles. The molecule has 74 valence electrons. The number of hydrogen-bond acceptors (Lipinski definition) is 3. The van der Waals surface area contributed by atoms with Gasteiger partial charge in [-0.05, 0) is 30.0 Å². The van der Waals surface area contributed by atoms with E-state index in [0.717, 1.165) is 5.56 Å². The lowest BCUT2D eigenvalue weighted by Crippen LogP contribution is -1.98. The van der Waals surface area contributed by atoms with E-state index < -0.39 is 5.97 Å². The molecular weight excluding hydrogens is 184 g/mol. The standard InChI is InChI=1S/C10H10O4/c11-8-2-1-5(3-9(8)12)6-4-7(6)10(13)14/h1-3,6-7,11-12H,4H2,(H,13,14)/t6-,7?/m0/s1. The van der Waals surface area contributed by atoms with E-state index in [1.807, 2.05) is 0 Å². The predicted molar refractivity (Wildman–Crippen MR) is 48.3 cm³/mol. The molecule has 0 amide bonds. The van der Waals surface area contributed by atoms with Crippen LogP contribution < -0.4 is 0 Å². The number of carboxylic acids is 1. The van der Waals surface area contributed by atoms with Gasteiger partial charge in [-0.15, -0.1) is 0 Å². The molecule has 0 heterocycles. The highest BCUT2D eigenvalue weighted by Crippen LogP contribution is 2.48. The number of aromatic hydroxyl groups is 2. The monoisotopic (exact) mass is 194 g/mol. The van der Waals surface area contributed by atoms with Crippen molar-refractivity contribution in [2.24, 2.45) is 5.92 Å². The fraction of sp³-hybridized carbons (Fsp3) is 0.300. The predicted octanol–water partition coefficient (Wildman–Crippen LogP) is 1.29. The van der Waals surface area contributed by atoms with Gasteiger partial charge in [0, 0.05) is 0 Å². The maximum atomic E-state index is 10.6. The van der Waals surface area contributed by atoms with Crippen LogP contribution in [0.5, 0.6) is 11.5 Å².